The van der Waals surface area contributed by atoms with Crippen LogP contribution in [0.4, 0.5) is 0 Å². The van der Waals surface area contributed by atoms with Crippen molar-refractivity contribution in [2.24, 2.45) is 0 Å². The summed E-state index contributed by atoms with van der Waals surface area (Å²) in [6.07, 6.45) is 0.825. The summed E-state index contributed by atoms with van der Waals surface area (Å²) in [7, 11) is 0. The second-order valence-corrected chi connectivity index (χ2v) is 9.55. The Bertz CT molecular complexity index is 907. The van der Waals surface area contributed by atoms with Gasteiger partial charge in [0.1, 0.15) is 6.04 Å². The summed E-state index contributed by atoms with van der Waals surface area (Å²) in [6.45, 7) is 8.06. The third kappa shape index (κ3) is 8.06. The molecule has 2 atom stereocenters. The Balaban J connectivity index is 2.11. The number of hydrogen-bond donors (Lipinski definition) is 1. The van der Waals surface area contributed by atoms with Crippen molar-refractivity contribution in [3.8, 4) is 0 Å². The van der Waals surface area contributed by atoms with Crippen LogP contribution in [0.2, 0.25) is 10.0 Å². The molecule has 0 fully saturated rings. The molecule has 168 valence electrons. The van der Waals surface area contributed by atoms with E-state index in [9.17, 15) is 9.59 Å². The maximum Gasteiger partial charge on any atom is 0.242 e. The minimum atomic E-state index is -0.601. The lowest BCUT2D eigenvalue weighted by atomic mass is 10.1. The predicted octanol–water partition coefficient (Wildman–Crippen LogP) is 5.87. The minimum absolute atomic E-state index is 0.0487. The molecule has 0 aliphatic carbocycles. The third-order valence-electron chi connectivity index (χ3n) is 5.08. The fraction of sp³-hybridized carbons (Fsp3) is 0.417. The number of rotatable bonds is 10. The number of carbonyl (C=O) groups excluding carboxylic acids is 2. The zero-order valence-electron chi connectivity index (χ0n) is 18.5. The van der Waals surface area contributed by atoms with Crippen molar-refractivity contribution >= 4 is 46.8 Å². The molecule has 0 saturated carbocycles. The van der Waals surface area contributed by atoms with Crippen LogP contribution in [0.25, 0.3) is 0 Å². The Morgan fingerprint density at radius 1 is 1.06 bits per heavy atom. The largest absolute Gasteiger partial charge is 0.352 e. The van der Waals surface area contributed by atoms with Crippen LogP contribution in [0.15, 0.2) is 42.5 Å². The van der Waals surface area contributed by atoms with Gasteiger partial charge in [0.15, 0.2) is 0 Å². The summed E-state index contributed by atoms with van der Waals surface area (Å²) in [5.41, 5.74) is 3.20. The lowest BCUT2D eigenvalue weighted by molar-refractivity contribution is -0.138. The number of aryl methyl sites for hydroxylation is 1. The first kappa shape index (κ1) is 25.6. The Kier molecular flexibility index (Phi) is 10.2. The van der Waals surface area contributed by atoms with Crippen molar-refractivity contribution in [3.63, 3.8) is 0 Å². The van der Waals surface area contributed by atoms with E-state index >= 15 is 0 Å². The van der Waals surface area contributed by atoms with Crippen molar-refractivity contribution in [1.82, 2.24) is 10.2 Å². The molecule has 0 radical (unpaired) electrons. The highest BCUT2D eigenvalue weighted by Gasteiger charge is 2.26. The monoisotopic (exact) mass is 480 g/mol. The average molecular weight is 481 g/mol. The average Bonchev–Trinajstić information content (AvgIpc) is 2.73. The SMILES string of the molecule is CC[C@H](C)NC(=O)[C@@H](C)N(Cc1ccc(Cl)c(Cl)c1)C(=O)CSCc1cccc(C)c1. The number of nitrogens with zero attached hydrogens (tertiary/aromatic N) is 1. The Labute approximate surface area is 199 Å². The van der Waals surface area contributed by atoms with Gasteiger partial charge in [-0.3, -0.25) is 9.59 Å². The molecule has 2 aromatic rings. The number of halogens is 2. The number of amides is 2. The van der Waals surface area contributed by atoms with Crippen molar-refractivity contribution in [1.29, 1.82) is 0 Å². The molecule has 4 nitrogen and oxygen atoms in total. The summed E-state index contributed by atoms with van der Waals surface area (Å²) >= 11 is 13.7. The maximum absolute atomic E-state index is 13.1. The van der Waals surface area contributed by atoms with E-state index in [2.05, 4.69) is 30.4 Å². The number of hydrogen-bond acceptors (Lipinski definition) is 3. The van der Waals surface area contributed by atoms with Crippen LogP contribution < -0.4 is 5.32 Å². The first-order valence-electron chi connectivity index (χ1n) is 10.4. The van der Waals surface area contributed by atoms with Crippen molar-refractivity contribution in [3.05, 3.63) is 69.2 Å². The van der Waals surface area contributed by atoms with Gasteiger partial charge in [-0.25, -0.2) is 0 Å². The van der Waals surface area contributed by atoms with E-state index in [1.54, 1.807) is 35.7 Å². The quantitative estimate of drug-likeness (QED) is 0.462. The van der Waals surface area contributed by atoms with E-state index < -0.39 is 6.04 Å². The summed E-state index contributed by atoms with van der Waals surface area (Å²) in [5, 5.41) is 3.86. The van der Waals surface area contributed by atoms with Crippen molar-refractivity contribution in [2.45, 2.75) is 58.5 Å². The third-order valence-corrected chi connectivity index (χ3v) is 6.81. The highest BCUT2D eigenvalue weighted by molar-refractivity contribution is 7.99. The van der Waals surface area contributed by atoms with Crippen LogP contribution >= 0.6 is 35.0 Å². The molecule has 0 bridgehead atoms. The summed E-state index contributed by atoms with van der Waals surface area (Å²) < 4.78 is 0. The first-order chi connectivity index (χ1) is 14.7. The van der Waals surface area contributed by atoms with E-state index in [1.807, 2.05) is 26.0 Å². The topological polar surface area (TPSA) is 49.4 Å². The molecule has 0 aliphatic rings. The van der Waals surface area contributed by atoms with E-state index in [0.717, 1.165) is 17.7 Å². The molecule has 0 unspecified atom stereocenters. The zero-order valence-corrected chi connectivity index (χ0v) is 20.8. The lowest BCUT2D eigenvalue weighted by Crippen LogP contribution is -2.50. The fourth-order valence-corrected chi connectivity index (χ4v) is 4.20. The summed E-state index contributed by atoms with van der Waals surface area (Å²) in [6, 6.07) is 13.0. The molecule has 2 rings (SSSR count). The smallest absolute Gasteiger partial charge is 0.242 e. The van der Waals surface area contributed by atoms with Gasteiger partial charge in [-0.1, -0.05) is 66.0 Å². The van der Waals surface area contributed by atoms with Crippen molar-refractivity contribution in [2.75, 3.05) is 5.75 Å². The van der Waals surface area contributed by atoms with Crippen LogP contribution in [0.3, 0.4) is 0 Å². The first-order valence-corrected chi connectivity index (χ1v) is 12.3. The van der Waals surface area contributed by atoms with Crippen molar-refractivity contribution < 1.29 is 9.59 Å². The molecule has 0 aliphatic heterocycles. The Hall–Kier alpha value is -1.69. The van der Waals surface area contributed by atoms with Crippen LogP contribution in [0.1, 0.15) is 43.9 Å². The number of thioether (sulfide) groups is 1. The normalized spacial score (nSPS) is 12.8. The molecule has 2 aromatic carbocycles. The van der Waals surface area contributed by atoms with Gasteiger partial charge in [-0.2, -0.15) is 0 Å². The molecule has 0 heterocycles. The van der Waals surface area contributed by atoms with Gasteiger partial charge in [-0.15, -0.1) is 11.8 Å². The zero-order chi connectivity index (χ0) is 23.0. The molecular formula is C24H30Cl2N2O2S. The number of nitrogens with one attached hydrogen (secondary N) is 1. The van der Waals surface area contributed by atoms with Crippen LogP contribution in [-0.2, 0) is 21.9 Å². The van der Waals surface area contributed by atoms with Gasteiger partial charge >= 0.3 is 0 Å². The van der Waals surface area contributed by atoms with Crippen LogP contribution in [-0.4, -0.2) is 34.6 Å². The molecule has 31 heavy (non-hydrogen) atoms. The summed E-state index contributed by atoms with van der Waals surface area (Å²) in [5.74, 6) is 0.777. The standard InChI is InChI=1S/C24H30Cl2N2O2S/c1-5-17(3)27-24(30)18(4)28(13-19-9-10-21(25)22(26)12-19)23(29)15-31-14-20-8-6-7-16(2)11-20/h6-12,17-18H,5,13-15H2,1-4H3,(H,27,30)/t17-,18+/m0/s1. The van der Waals surface area contributed by atoms with Crippen LogP contribution in [0, 0.1) is 6.92 Å². The van der Waals surface area contributed by atoms with Gasteiger partial charge in [0.25, 0.3) is 0 Å². The minimum Gasteiger partial charge on any atom is -0.352 e. The second kappa shape index (κ2) is 12.4. The van der Waals surface area contributed by atoms with Crippen LogP contribution in [0.5, 0.6) is 0 Å². The predicted molar refractivity (Wildman–Crippen MR) is 132 cm³/mol. The Morgan fingerprint density at radius 2 is 1.81 bits per heavy atom. The van der Waals surface area contributed by atoms with Gasteiger partial charge < -0.3 is 10.2 Å². The molecule has 1 N–H and O–H groups in total. The van der Waals surface area contributed by atoms with Gasteiger partial charge in [0, 0.05) is 18.3 Å². The Morgan fingerprint density at radius 3 is 2.45 bits per heavy atom. The number of carbonyl (C=O) groups is 2. The number of benzene rings is 2. The van der Waals surface area contributed by atoms with Gasteiger partial charge in [0.05, 0.1) is 15.8 Å². The van der Waals surface area contributed by atoms with E-state index in [1.165, 1.54) is 11.1 Å². The lowest BCUT2D eigenvalue weighted by Gasteiger charge is -2.29. The molecule has 2 amide bonds. The van der Waals surface area contributed by atoms with E-state index in [-0.39, 0.29) is 30.2 Å². The molecule has 0 spiro atoms. The van der Waals surface area contributed by atoms with Gasteiger partial charge in [-0.05, 0) is 50.5 Å². The maximum atomic E-state index is 13.1. The summed E-state index contributed by atoms with van der Waals surface area (Å²) in [4.78, 5) is 27.5. The van der Waals surface area contributed by atoms with E-state index in [4.69, 9.17) is 23.2 Å². The van der Waals surface area contributed by atoms with Gasteiger partial charge in [0.2, 0.25) is 11.8 Å². The highest BCUT2D eigenvalue weighted by Crippen LogP contribution is 2.24. The van der Waals surface area contributed by atoms with E-state index in [0.29, 0.717) is 10.0 Å². The molecule has 0 saturated heterocycles. The highest BCUT2D eigenvalue weighted by atomic mass is 35.5. The second-order valence-electron chi connectivity index (χ2n) is 7.75. The molecule has 7 heteroatoms. The fourth-order valence-electron chi connectivity index (χ4n) is 3.02. The molecule has 0 aromatic heterocycles. The molecular weight excluding hydrogens is 451 g/mol.